The Bertz CT molecular complexity index is 1220. The van der Waals surface area contributed by atoms with Crippen LogP contribution < -0.4 is 5.56 Å². The van der Waals surface area contributed by atoms with Crippen LogP contribution in [0.25, 0.3) is 10.9 Å². The van der Waals surface area contributed by atoms with Crippen molar-refractivity contribution < 1.29 is 9.53 Å². The van der Waals surface area contributed by atoms with Gasteiger partial charge >= 0.3 is 5.97 Å². The number of benzene rings is 2. The number of nitrogens with one attached hydrogen (secondary N) is 1. The van der Waals surface area contributed by atoms with Gasteiger partial charge in [0.15, 0.2) is 5.16 Å². The first-order valence-electron chi connectivity index (χ1n) is 9.30. The number of hydrogen-bond acceptors (Lipinski definition) is 7. The maximum absolute atomic E-state index is 13.2. The first-order valence-corrected chi connectivity index (χ1v) is 10.3. The van der Waals surface area contributed by atoms with E-state index < -0.39 is 5.97 Å². The number of rotatable bonds is 7. The molecule has 2 aromatic carbocycles. The third kappa shape index (κ3) is 4.25. The molecule has 0 amide bonds. The Morgan fingerprint density at radius 2 is 2.03 bits per heavy atom. The molecule has 0 aliphatic heterocycles. The van der Waals surface area contributed by atoms with Gasteiger partial charge in [-0.25, -0.2) is 9.78 Å². The van der Waals surface area contributed by atoms with Gasteiger partial charge < -0.3 is 4.74 Å². The lowest BCUT2D eigenvalue weighted by atomic mass is 10.1. The molecule has 30 heavy (non-hydrogen) atoms. The number of aryl methyl sites for hydroxylation is 1. The molecule has 0 atom stereocenters. The standard InChI is InChI=1S/C21H19N5O3S/c1-29-20(28)15-7-8-17-18(11-15)23-21(30-13-16-12-22-25-24-16)26(19(17)27)10-9-14-5-3-2-4-6-14/h2-8,11-12H,9-10,13H2,1H3,(H,22,24,25). The number of carbonyl (C=O) groups excluding carboxylic acids is 1. The molecule has 4 rings (SSSR count). The van der Waals surface area contributed by atoms with Crippen molar-refractivity contribution >= 4 is 28.6 Å². The van der Waals surface area contributed by atoms with E-state index in [9.17, 15) is 9.59 Å². The summed E-state index contributed by atoms with van der Waals surface area (Å²) in [5.41, 5.74) is 2.56. The average molecular weight is 421 g/mol. The van der Waals surface area contributed by atoms with Crippen molar-refractivity contribution in [3.05, 3.63) is 81.9 Å². The maximum Gasteiger partial charge on any atom is 0.337 e. The number of esters is 1. The maximum atomic E-state index is 13.2. The highest BCUT2D eigenvalue weighted by Crippen LogP contribution is 2.22. The van der Waals surface area contributed by atoms with Crippen molar-refractivity contribution in [1.29, 1.82) is 0 Å². The molecule has 0 unspecified atom stereocenters. The van der Waals surface area contributed by atoms with E-state index in [0.29, 0.717) is 40.3 Å². The predicted molar refractivity (Wildman–Crippen MR) is 113 cm³/mol. The molecule has 8 nitrogen and oxygen atoms in total. The zero-order valence-electron chi connectivity index (χ0n) is 16.2. The van der Waals surface area contributed by atoms with Crippen molar-refractivity contribution in [2.75, 3.05) is 7.11 Å². The number of thioether (sulfide) groups is 1. The van der Waals surface area contributed by atoms with E-state index in [1.165, 1.54) is 18.9 Å². The highest BCUT2D eigenvalue weighted by Gasteiger charge is 2.15. The molecule has 2 heterocycles. The van der Waals surface area contributed by atoms with Crippen molar-refractivity contribution in [3.63, 3.8) is 0 Å². The quantitative estimate of drug-likeness (QED) is 0.278. The van der Waals surface area contributed by atoms with Crippen molar-refractivity contribution in [2.45, 2.75) is 23.9 Å². The number of nitrogens with zero attached hydrogens (tertiary/aromatic N) is 4. The molecule has 0 radical (unpaired) electrons. The number of H-pyrrole nitrogens is 1. The fourth-order valence-corrected chi connectivity index (χ4v) is 3.98. The van der Waals surface area contributed by atoms with Crippen LogP contribution in [0, 0.1) is 0 Å². The number of ether oxygens (including phenoxy) is 1. The van der Waals surface area contributed by atoms with Crippen molar-refractivity contribution in [3.8, 4) is 0 Å². The number of aromatic amines is 1. The summed E-state index contributed by atoms with van der Waals surface area (Å²) in [7, 11) is 1.32. The lowest BCUT2D eigenvalue weighted by molar-refractivity contribution is 0.0601. The fourth-order valence-electron chi connectivity index (χ4n) is 3.07. The summed E-state index contributed by atoms with van der Waals surface area (Å²) in [6.45, 7) is 0.492. The minimum atomic E-state index is -0.469. The molecule has 0 saturated carbocycles. The second-order valence-electron chi connectivity index (χ2n) is 6.56. The molecule has 152 valence electrons. The fraction of sp³-hybridized carbons (Fsp3) is 0.190. The number of aromatic nitrogens is 5. The SMILES string of the molecule is COC(=O)c1ccc2c(=O)n(CCc3ccccc3)c(SCc3cn[nH]n3)nc2c1. The molecule has 0 aliphatic carbocycles. The molecule has 0 fully saturated rings. The first-order chi connectivity index (χ1) is 14.7. The van der Waals surface area contributed by atoms with E-state index in [1.807, 2.05) is 30.3 Å². The third-order valence-electron chi connectivity index (χ3n) is 4.62. The monoisotopic (exact) mass is 421 g/mol. The Kier molecular flexibility index (Phi) is 5.89. The summed E-state index contributed by atoms with van der Waals surface area (Å²) in [6, 6.07) is 14.8. The molecule has 1 N–H and O–H groups in total. The van der Waals surface area contributed by atoms with Crippen LogP contribution in [0.15, 0.2) is 64.7 Å². The summed E-state index contributed by atoms with van der Waals surface area (Å²) >= 11 is 1.40. The summed E-state index contributed by atoms with van der Waals surface area (Å²) < 4.78 is 6.46. The van der Waals surface area contributed by atoms with Crippen LogP contribution in [0.2, 0.25) is 0 Å². The molecular weight excluding hydrogens is 402 g/mol. The molecule has 0 spiro atoms. The van der Waals surface area contributed by atoms with Gasteiger partial charge in [0, 0.05) is 12.3 Å². The minimum Gasteiger partial charge on any atom is -0.465 e. The number of carbonyl (C=O) groups is 1. The van der Waals surface area contributed by atoms with Gasteiger partial charge in [-0.3, -0.25) is 9.36 Å². The largest absolute Gasteiger partial charge is 0.465 e. The van der Waals surface area contributed by atoms with E-state index >= 15 is 0 Å². The Balaban J connectivity index is 1.73. The first kappa shape index (κ1) is 19.8. The molecule has 0 saturated heterocycles. The van der Waals surface area contributed by atoms with E-state index in [4.69, 9.17) is 4.74 Å². The predicted octanol–water partition coefficient (Wildman–Crippen LogP) is 2.84. The van der Waals surface area contributed by atoms with Crippen LogP contribution in [0.4, 0.5) is 0 Å². The average Bonchev–Trinajstić information content (AvgIpc) is 3.30. The minimum absolute atomic E-state index is 0.144. The van der Waals surface area contributed by atoms with Crippen LogP contribution in [-0.4, -0.2) is 38.0 Å². The Labute approximate surface area is 176 Å². The smallest absolute Gasteiger partial charge is 0.337 e. The second-order valence-corrected chi connectivity index (χ2v) is 7.50. The van der Waals surface area contributed by atoms with Crippen LogP contribution in [0.3, 0.4) is 0 Å². The van der Waals surface area contributed by atoms with Gasteiger partial charge in [0.25, 0.3) is 5.56 Å². The van der Waals surface area contributed by atoms with Gasteiger partial charge in [-0.15, -0.1) is 0 Å². The number of hydrogen-bond donors (Lipinski definition) is 1. The van der Waals surface area contributed by atoms with Gasteiger partial charge in [-0.2, -0.15) is 15.4 Å². The molecule has 0 aliphatic rings. The van der Waals surface area contributed by atoms with Gasteiger partial charge in [-0.05, 0) is 30.2 Å². The third-order valence-corrected chi connectivity index (χ3v) is 5.63. The van der Waals surface area contributed by atoms with Gasteiger partial charge in [0.1, 0.15) is 0 Å². The number of methoxy groups -OCH3 is 1. The summed E-state index contributed by atoms with van der Waals surface area (Å²) in [5, 5.41) is 11.5. The molecule has 0 bridgehead atoms. The zero-order valence-corrected chi connectivity index (χ0v) is 17.1. The van der Waals surface area contributed by atoms with Gasteiger partial charge in [0.2, 0.25) is 0 Å². The number of fused-ring (bicyclic) bond motifs is 1. The van der Waals surface area contributed by atoms with Gasteiger partial charge in [0.05, 0.1) is 35.5 Å². The highest BCUT2D eigenvalue weighted by atomic mass is 32.2. The normalized spacial score (nSPS) is 11.0. The van der Waals surface area contributed by atoms with E-state index in [1.54, 1.807) is 29.0 Å². The van der Waals surface area contributed by atoms with E-state index in [2.05, 4.69) is 20.4 Å². The van der Waals surface area contributed by atoms with Crippen LogP contribution in [0.5, 0.6) is 0 Å². The molecule has 2 aromatic heterocycles. The van der Waals surface area contributed by atoms with E-state index in [0.717, 1.165) is 11.3 Å². The second kappa shape index (κ2) is 8.91. The van der Waals surface area contributed by atoms with Crippen LogP contribution >= 0.6 is 11.8 Å². The molecule has 9 heteroatoms. The Morgan fingerprint density at radius 3 is 2.77 bits per heavy atom. The Morgan fingerprint density at radius 1 is 1.20 bits per heavy atom. The molecular formula is C21H19N5O3S. The van der Waals surface area contributed by atoms with Crippen molar-refractivity contribution in [2.24, 2.45) is 0 Å². The van der Waals surface area contributed by atoms with Crippen LogP contribution in [-0.2, 0) is 23.5 Å². The lowest BCUT2D eigenvalue weighted by Gasteiger charge is -2.13. The summed E-state index contributed by atoms with van der Waals surface area (Å²) in [6.07, 6.45) is 2.33. The summed E-state index contributed by atoms with van der Waals surface area (Å²) in [5.74, 6) is 0.0416. The zero-order chi connectivity index (χ0) is 20.9. The highest BCUT2D eigenvalue weighted by molar-refractivity contribution is 7.98. The van der Waals surface area contributed by atoms with Crippen molar-refractivity contribution in [1.82, 2.24) is 25.0 Å². The topological polar surface area (TPSA) is 103 Å². The molecule has 4 aromatic rings. The lowest BCUT2D eigenvalue weighted by Crippen LogP contribution is -2.24. The Hall–Kier alpha value is -3.46. The van der Waals surface area contributed by atoms with Gasteiger partial charge in [-0.1, -0.05) is 42.1 Å². The van der Waals surface area contributed by atoms with E-state index in [-0.39, 0.29) is 5.56 Å². The summed E-state index contributed by atoms with van der Waals surface area (Å²) in [4.78, 5) is 29.8. The van der Waals surface area contributed by atoms with Crippen LogP contribution in [0.1, 0.15) is 21.6 Å².